The van der Waals surface area contributed by atoms with E-state index < -0.39 is 18.4 Å². The Morgan fingerprint density at radius 3 is 2.12 bits per heavy atom. The smallest absolute Gasteiger partial charge is 0.331 e. The van der Waals surface area contributed by atoms with Crippen molar-refractivity contribution >= 4 is 35.1 Å². The van der Waals surface area contributed by atoms with Crippen LogP contribution in [0.1, 0.15) is 6.42 Å². The number of carboxylic acid groups (broad SMARTS) is 2. The van der Waals surface area contributed by atoms with Gasteiger partial charge in [-0.15, -0.1) is 0 Å². The summed E-state index contributed by atoms with van der Waals surface area (Å²) in [5.41, 5.74) is -0.303. The average Bonchev–Trinajstić information content (AvgIpc) is 2.17. The molecule has 17 heavy (non-hydrogen) atoms. The number of carbonyl (C=O) groups is 2. The molecule has 0 spiro atoms. The zero-order valence-corrected chi connectivity index (χ0v) is 10.1. The van der Waals surface area contributed by atoms with Gasteiger partial charge in [0, 0.05) is 11.6 Å². The van der Waals surface area contributed by atoms with Crippen LogP contribution in [0.15, 0.2) is 34.9 Å². The molecule has 0 fully saturated rings. The topological polar surface area (TPSA) is 98.4 Å². The van der Waals surface area contributed by atoms with Crippen LogP contribution >= 0.6 is 23.2 Å². The maximum absolute atomic E-state index is 9.87. The third-order valence-electron chi connectivity index (χ3n) is 1.06. The molecule has 0 rings (SSSR count). The normalized spacial score (nSPS) is 8.53. The van der Waals surface area contributed by atoms with Gasteiger partial charge >= 0.3 is 11.9 Å². The van der Waals surface area contributed by atoms with Crippen LogP contribution in [0.4, 0.5) is 0 Å². The highest BCUT2D eigenvalue weighted by Gasteiger charge is 2.07. The van der Waals surface area contributed by atoms with E-state index in [0.29, 0.717) is 0 Å². The lowest BCUT2D eigenvalue weighted by Crippen LogP contribution is -2.04. The van der Waals surface area contributed by atoms with Gasteiger partial charge in [0.05, 0.1) is 12.5 Å². The number of halogens is 2. The van der Waals surface area contributed by atoms with E-state index in [1.165, 1.54) is 18.2 Å². The number of rotatable bonds is 4. The fourth-order valence-electron chi connectivity index (χ4n) is 0.422. The second-order valence-corrected chi connectivity index (χ2v) is 3.43. The quantitative estimate of drug-likeness (QED) is 0.467. The summed E-state index contributed by atoms with van der Waals surface area (Å²) in [4.78, 5) is 19.7. The molecule has 0 radical (unpaired) electrons. The van der Waals surface area contributed by atoms with Gasteiger partial charge in [0.2, 0.25) is 0 Å². The van der Waals surface area contributed by atoms with Crippen molar-refractivity contribution in [2.45, 2.75) is 6.42 Å². The molecule has 2 N–H and O–H groups in total. The first-order valence-electron chi connectivity index (χ1n) is 4.01. The maximum Gasteiger partial charge on any atom is 0.331 e. The number of nitrogens with zero attached hydrogens (tertiary/aromatic N) is 1. The molecule has 0 aliphatic carbocycles. The summed E-state index contributed by atoms with van der Waals surface area (Å²) in [6.45, 7) is 3.01. The largest absolute Gasteiger partial charge is 0.481 e. The van der Waals surface area contributed by atoms with Crippen LogP contribution in [-0.4, -0.2) is 22.2 Å². The highest BCUT2D eigenvalue weighted by molar-refractivity contribution is 6.55. The Bertz CT molecular complexity index is 390. The van der Waals surface area contributed by atoms with Gasteiger partial charge in [0.15, 0.2) is 0 Å². The molecule has 0 saturated heterocycles. The van der Waals surface area contributed by atoms with E-state index in [2.05, 4.69) is 6.58 Å². The van der Waals surface area contributed by atoms with Crippen LogP contribution in [0, 0.1) is 11.3 Å². The van der Waals surface area contributed by atoms with Crippen molar-refractivity contribution in [3.05, 3.63) is 34.9 Å². The van der Waals surface area contributed by atoms with E-state index in [-0.39, 0.29) is 10.1 Å². The highest BCUT2D eigenvalue weighted by atomic mass is 35.5. The maximum atomic E-state index is 9.87. The summed E-state index contributed by atoms with van der Waals surface area (Å²) in [5.74, 6) is -2.44. The van der Waals surface area contributed by atoms with Gasteiger partial charge in [0.1, 0.15) is 4.49 Å². The van der Waals surface area contributed by atoms with Crippen molar-refractivity contribution in [1.29, 1.82) is 5.26 Å². The Hall–Kier alpha value is -1.77. The van der Waals surface area contributed by atoms with Crippen LogP contribution in [0.25, 0.3) is 0 Å². The molecule has 0 saturated carbocycles. The van der Waals surface area contributed by atoms with E-state index >= 15 is 0 Å². The van der Waals surface area contributed by atoms with Crippen LogP contribution in [-0.2, 0) is 9.59 Å². The van der Waals surface area contributed by atoms with Gasteiger partial charge < -0.3 is 10.2 Å². The lowest BCUT2D eigenvalue weighted by atomic mass is 10.2. The fourth-order valence-corrected chi connectivity index (χ4v) is 0.568. The van der Waals surface area contributed by atoms with E-state index in [0.717, 1.165) is 0 Å². The summed E-state index contributed by atoms with van der Waals surface area (Å²) in [6.07, 6.45) is 3.67. The summed E-state index contributed by atoms with van der Waals surface area (Å²) >= 11 is 10.4. The Morgan fingerprint density at radius 1 is 1.35 bits per heavy atom. The van der Waals surface area contributed by atoms with Crippen molar-refractivity contribution in [2.24, 2.45) is 0 Å². The minimum Gasteiger partial charge on any atom is -0.481 e. The summed E-state index contributed by atoms with van der Waals surface area (Å²) < 4.78 is 0.150. The first kappa shape index (κ1) is 17.6. The van der Waals surface area contributed by atoms with Crippen LogP contribution < -0.4 is 0 Å². The number of hydrogen-bond acceptors (Lipinski definition) is 3. The average molecular weight is 278 g/mol. The molecule has 0 aromatic rings. The lowest BCUT2D eigenvalue weighted by molar-refractivity contribution is -0.139. The van der Waals surface area contributed by atoms with E-state index in [1.54, 1.807) is 6.07 Å². The molecule has 0 aromatic carbocycles. The monoisotopic (exact) mass is 277 g/mol. The van der Waals surface area contributed by atoms with E-state index in [4.69, 9.17) is 38.7 Å². The van der Waals surface area contributed by atoms with Crippen molar-refractivity contribution in [2.75, 3.05) is 0 Å². The fraction of sp³-hybridized carbons (Fsp3) is 0.100. The number of hydrogen-bond donors (Lipinski definition) is 2. The predicted molar refractivity (Wildman–Crippen MR) is 63.6 cm³/mol. The van der Waals surface area contributed by atoms with E-state index in [9.17, 15) is 9.59 Å². The highest BCUT2D eigenvalue weighted by Crippen LogP contribution is 2.04. The van der Waals surface area contributed by atoms with E-state index in [1.807, 2.05) is 0 Å². The molecule has 92 valence electrons. The predicted octanol–water partition coefficient (Wildman–Crippen LogP) is 2.49. The summed E-state index contributed by atoms with van der Waals surface area (Å²) in [5, 5.41) is 24.0. The Kier molecular flexibility index (Phi) is 11.1. The van der Waals surface area contributed by atoms with Crippen LogP contribution in [0.3, 0.4) is 0 Å². The molecule has 5 nitrogen and oxygen atoms in total. The Balaban J connectivity index is 0. The SMILES string of the molecule is C=C(CC(=O)O)C(=O)O.N#CC=CC=C(Cl)Cl. The number of nitriles is 1. The minimum absolute atomic E-state index is 0.150. The molecule has 0 unspecified atom stereocenters. The molecule has 0 aliphatic heterocycles. The van der Waals surface area contributed by atoms with Gasteiger partial charge in [0.25, 0.3) is 0 Å². The molecule has 0 aliphatic rings. The van der Waals surface area contributed by atoms with Crippen molar-refractivity contribution < 1.29 is 19.8 Å². The molecule has 0 atom stereocenters. The molecular formula is C10H9Cl2NO4. The molecule has 0 amide bonds. The summed E-state index contributed by atoms with van der Waals surface area (Å²) in [6, 6.07) is 1.78. The molecule has 0 bridgehead atoms. The standard InChI is InChI=1S/C5H3Cl2N.C5H6O4/c6-5(7)3-1-2-4-8;1-3(5(8)9)2-4(6)7/h1-3H;1-2H2,(H,6,7)(H,8,9). The third-order valence-corrected chi connectivity index (χ3v) is 1.31. The first-order chi connectivity index (χ1) is 7.81. The first-order valence-corrected chi connectivity index (χ1v) is 4.77. The number of allylic oxidation sites excluding steroid dienone is 3. The second kappa shape index (κ2) is 10.7. The lowest BCUT2D eigenvalue weighted by Gasteiger charge is -1.91. The zero-order chi connectivity index (χ0) is 13.8. The summed E-state index contributed by atoms with van der Waals surface area (Å²) in [7, 11) is 0. The van der Waals surface area contributed by atoms with Gasteiger partial charge in [-0.25, -0.2) is 4.79 Å². The molecular weight excluding hydrogens is 269 g/mol. The molecule has 0 aromatic heterocycles. The van der Waals surface area contributed by atoms with Crippen molar-refractivity contribution in [1.82, 2.24) is 0 Å². The Labute approximate surface area is 108 Å². The van der Waals surface area contributed by atoms with Gasteiger partial charge in [-0.1, -0.05) is 29.8 Å². The zero-order valence-electron chi connectivity index (χ0n) is 8.56. The van der Waals surface area contributed by atoms with Crippen LogP contribution in [0.5, 0.6) is 0 Å². The van der Waals surface area contributed by atoms with Gasteiger partial charge in [-0.05, 0) is 12.2 Å². The van der Waals surface area contributed by atoms with Crippen molar-refractivity contribution in [3.8, 4) is 6.07 Å². The number of carboxylic acids is 2. The molecule has 7 heteroatoms. The van der Waals surface area contributed by atoms with Gasteiger partial charge in [-0.2, -0.15) is 5.26 Å². The Morgan fingerprint density at radius 2 is 1.88 bits per heavy atom. The minimum atomic E-state index is -1.27. The third kappa shape index (κ3) is 16.9. The van der Waals surface area contributed by atoms with Crippen molar-refractivity contribution in [3.63, 3.8) is 0 Å². The number of aliphatic carboxylic acids is 2. The second-order valence-electron chi connectivity index (χ2n) is 2.42. The van der Waals surface area contributed by atoms with Gasteiger partial charge in [-0.3, -0.25) is 4.79 Å². The molecule has 0 heterocycles. The van der Waals surface area contributed by atoms with Crippen LogP contribution in [0.2, 0.25) is 0 Å².